The Hall–Kier alpha value is -1.78. The maximum absolute atomic E-state index is 11.5. The van der Waals surface area contributed by atoms with E-state index in [0.29, 0.717) is 5.70 Å². The maximum atomic E-state index is 11.5. The second-order valence-corrected chi connectivity index (χ2v) is 4.54. The molecule has 3 N–H and O–H groups in total. The van der Waals surface area contributed by atoms with Gasteiger partial charge in [-0.05, 0) is 12.2 Å². The summed E-state index contributed by atoms with van der Waals surface area (Å²) < 4.78 is 24.8. The van der Waals surface area contributed by atoms with Crippen LogP contribution in [0.2, 0.25) is 0 Å². The summed E-state index contributed by atoms with van der Waals surface area (Å²) >= 11 is 0. The van der Waals surface area contributed by atoms with Gasteiger partial charge in [-0.2, -0.15) is 0 Å². The number of amides is 1. The monoisotopic (exact) mass is 226 g/mol. The van der Waals surface area contributed by atoms with Crippen molar-refractivity contribution in [2.45, 2.75) is 6.92 Å². The lowest BCUT2D eigenvalue weighted by atomic mass is 10.4. The van der Waals surface area contributed by atoms with Crippen molar-refractivity contribution >= 4 is 15.9 Å². The number of hydrogen-bond acceptors (Lipinski definition) is 4. The van der Waals surface area contributed by atoms with Crippen molar-refractivity contribution in [2.24, 2.45) is 5.73 Å². The summed E-state index contributed by atoms with van der Waals surface area (Å²) in [6.07, 6.45) is 5.40. The molecular formula is C9H10N2O3S. The van der Waals surface area contributed by atoms with Crippen LogP contribution in [0.15, 0.2) is 40.6 Å². The van der Waals surface area contributed by atoms with E-state index in [4.69, 9.17) is 5.73 Å². The van der Waals surface area contributed by atoms with Crippen LogP contribution in [-0.4, -0.2) is 14.3 Å². The fourth-order valence-electron chi connectivity index (χ4n) is 0.910. The minimum Gasteiger partial charge on any atom is -0.398 e. The molecule has 5 nitrogen and oxygen atoms in total. The van der Waals surface area contributed by atoms with Gasteiger partial charge in [-0.3, -0.25) is 4.79 Å². The van der Waals surface area contributed by atoms with Crippen molar-refractivity contribution in [3.63, 3.8) is 0 Å². The van der Waals surface area contributed by atoms with Gasteiger partial charge >= 0.3 is 0 Å². The van der Waals surface area contributed by atoms with Gasteiger partial charge in [0.05, 0.1) is 4.91 Å². The van der Waals surface area contributed by atoms with E-state index in [1.165, 1.54) is 24.3 Å². The first-order valence-corrected chi connectivity index (χ1v) is 5.53. The molecule has 80 valence electrons. The van der Waals surface area contributed by atoms with Gasteiger partial charge in [0.2, 0.25) is 5.91 Å². The Morgan fingerprint density at radius 2 is 2.07 bits per heavy atom. The quantitative estimate of drug-likeness (QED) is 0.644. The molecule has 0 heterocycles. The number of carbonyl (C=O) groups is 1. The predicted octanol–water partition coefficient (Wildman–Crippen LogP) is -0.0963. The van der Waals surface area contributed by atoms with Gasteiger partial charge < -0.3 is 5.73 Å². The highest BCUT2D eigenvalue weighted by Crippen LogP contribution is 2.09. The van der Waals surface area contributed by atoms with Crippen LogP contribution in [0.5, 0.6) is 0 Å². The molecule has 0 radical (unpaired) electrons. The predicted molar refractivity (Wildman–Crippen MR) is 55.7 cm³/mol. The van der Waals surface area contributed by atoms with Crippen molar-refractivity contribution in [3.8, 4) is 0 Å². The highest BCUT2D eigenvalue weighted by Gasteiger charge is 2.16. The van der Waals surface area contributed by atoms with Crippen molar-refractivity contribution in [1.29, 1.82) is 0 Å². The first kappa shape index (κ1) is 11.3. The lowest BCUT2D eigenvalue weighted by Gasteiger charge is -2.03. The Morgan fingerprint density at radius 3 is 2.67 bits per heavy atom. The molecule has 1 rings (SSSR count). The molecule has 0 saturated carbocycles. The third kappa shape index (κ3) is 3.12. The van der Waals surface area contributed by atoms with E-state index < -0.39 is 15.9 Å². The summed E-state index contributed by atoms with van der Waals surface area (Å²) in [4.78, 5) is 10.6. The number of nitrogens with one attached hydrogen (secondary N) is 1. The van der Waals surface area contributed by atoms with Gasteiger partial charge in [0.15, 0.2) is 0 Å². The largest absolute Gasteiger partial charge is 0.398 e. The molecule has 1 aliphatic rings. The third-order valence-electron chi connectivity index (χ3n) is 1.50. The Bertz CT molecular complexity index is 505. The zero-order valence-corrected chi connectivity index (χ0v) is 8.84. The fraction of sp³-hybridized carbons (Fsp3) is 0.111. The molecule has 0 aromatic carbocycles. The van der Waals surface area contributed by atoms with Crippen LogP contribution in [0.1, 0.15) is 6.92 Å². The first-order chi connectivity index (χ1) is 6.92. The Labute approximate surface area is 87.7 Å². The fourth-order valence-corrected chi connectivity index (χ4v) is 1.88. The van der Waals surface area contributed by atoms with Crippen molar-refractivity contribution < 1.29 is 13.2 Å². The smallest absolute Gasteiger partial charge is 0.264 e. The Kier molecular flexibility index (Phi) is 3.14. The van der Waals surface area contributed by atoms with Crippen molar-refractivity contribution in [2.75, 3.05) is 0 Å². The average Bonchev–Trinajstić information content (AvgIpc) is 2.27. The summed E-state index contributed by atoms with van der Waals surface area (Å²) in [6, 6.07) is 0. The van der Waals surface area contributed by atoms with Gasteiger partial charge in [-0.1, -0.05) is 0 Å². The van der Waals surface area contributed by atoms with E-state index in [9.17, 15) is 13.2 Å². The van der Waals surface area contributed by atoms with E-state index in [1.807, 2.05) is 4.72 Å². The normalized spacial score (nSPS) is 15.3. The number of nitrogens with two attached hydrogens (primary N) is 1. The van der Waals surface area contributed by atoms with E-state index in [2.05, 4.69) is 5.73 Å². The van der Waals surface area contributed by atoms with Crippen molar-refractivity contribution in [3.05, 3.63) is 40.6 Å². The van der Waals surface area contributed by atoms with Gasteiger partial charge in [0.1, 0.15) is 0 Å². The Morgan fingerprint density at radius 1 is 1.40 bits per heavy atom. The zero-order valence-electron chi connectivity index (χ0n) is 8.02. The number of hydrogen-bond donors (Lipinski definition) is 2. The second kappa shape index (κ2) is 4.16. The summed E-state index contributed by atoms with van der Waals surface area (Å²) in [5, 5.41) is 0. The maximum Gasteiger partial charge on any atom is 0.264 e. The van der Waals surface area contributed by atoms with Crippen LogP contribution in [-0.2, 0) is 14.8 Å². The van der Waals surface area contributed by atoms with Gasteiger partial charge in [-0.15, -0.1) is 5.73 Å². The molecule has 0 aromatic rings. The standard InChI is InChI=1S/C9H10N2O3S/c1-7(12)11-15(13,14)9-4-2-3-8(10)5-6-9/h3-6H,10H2,1H3,(H,11,12). The molecule has 1 amide bonds. The van der Waals surface area contributed by atoms with Gasteiger partial charge in [-0.25, -0.2) is 13.1 Å². The molecule has 1 aliphatic carbocycles. The summed E-state index contributed by atoms with van der Waals surface area (Å²) in [5.41, 5.74) is 8.41. The summed E-state index contributed by atoms with van der Waals surface area (Å²) in [5.74, 6) is -0.644. The van der Waals surface area contributed by atoms with Crippen LogP contribution in [0, 0.1) is 0 Å². The van der Waals surface area contributed by atoms with E-state index in [-0.39, 0.29) is 4.91 Å². The molecule has 0 fully saturated rings. The molecule has 0 spiro atoms. The summed E-state index contributed by atoms with van der Waals surface area (Å²) in [6.45, 7) is 1.12. The molecule has 0 aromatic heterocycles. The number of allylic oxidation sites excluding steroid dienone is 4. The topological polar surface area (TPSA) is 89.3 Å². The number of rotatable bonds is 2. The van der Waals surface area contributed by atoms with E-state index >= 15 is 0 Å². The number of sulfonamides is 1. The average molecular weight is 226 g/mol. The molecule has 0 saturated heterocycles. The minimum absolute atomic E-state index is 0.0607. The minimum atomic E-state index is -3.81. The molecule has 0 aliphatic heterocycles. The molecule has 0 unspecified atom stereocenters. The van der Waals surface area contributed by atoms with E-state index in [0.717, 1.165) is 6.92 Å². The third-order valence-corrected chi connectivity index (χ3v) is 2.93. The molecule has 15 heavy (non-hydrogen) atoms. The Balaban J connectivity index is 3.10. The van der Waals surface area contributed by atoms with Crippen LogP contribution >= 0.6 is 0 Å². The van der Waals surface area contributed by atoms with Crippen molar-refractivity contribution in [1.82, 2.24) is 4.72 Å². The van der Waals surface area contributed by atoms with Gasteiger partial charge in [0, 0.05) is 24.8 Å². The van der Waals surface area contributed by atoms with Crippen LogP contribution in [0.3, 0.4) is 0 Å². The lowest BCUT2D eigenvalue weighted by Crippen LogP contribution is -2.28. The summed E-state index contributed by atoms with van der Waals surface area (Å²) in [7, 11) is -3.81. The van der Waals surface area contributed by atoms with Gasteiger partial charge in [0.25, 0.3) is 10.0 Å². The first-order valence-electron chi connectivity index (χ1n) is 4.05. The number of carbonyl (C=O) groups excluding carboxylic acids is 1. The highest BCUT2D eigenvalue weighted by atomic mass is 32.2. The molecule has 0 atom stereocenters. The van der Waals surface area contributed by atoms with Crippen LogP contribution in [0.25, 0.3) is 0 Å². The molecule has 6 heteroatoms. The highest BCUT2D eigenvalue weighted by molar-refractivity contribution is 7.94. The van der Waals surface area contributed by atoms with E-state index in [1.54, 1.807) is 0 Å². The second-order valence-electron chi connectivity index (χ2n) is 2.85. The zero-order chi connectivity index (χ0) is 11.5. The SMILES string of the molecule is CC(=O)NS(=O)(=O)C1=CC=C(N)C=C=C1. The van der Waals surface area contributed by atoms with Crippen LogP contribution < -0.4 is 10.5 Å². The lowest BCUT2D eigenvalue weighted by molar-refractivity contribution is -0.117. The molecular weight excluding hydrogens is 216 g/mol. The molecule has 0 bridgehead atoms. The van der Waals surface area contributed by atoms with Crippen LogP contribution in [0.4, 0.5) is 0 Å².